The molecule has 180 valence electrons. The third-order valence-electron chi connectivity index (χ3n) is 5.59. The van der Waals surface area contributed by atoms with Gasteiger partial charge in [0.25, 0.3) is 5.91 Å². The van der Waals surface area contributed by atoms with Crippen LogP contribution in [0.25, 0.3) is 28.2 Å². The Morgan fingerprint density at radius 3 is 2.42 bits per heavy atom. The molecular formula is C26H19F3N6O. The van der Waals surface area contributed by atoms with Gasteiger partial charge in [0, 0.05) is 30.2 Å². The molecule has 5 rings (SSSR count). The van der Waals surface area contributed by atoms with Crippen molar-refractivity contribution in [1.82, 2.24) is 24.8 Å². The molecular weight excluding hydrogens is 469 g/mol. The van der Waals surface area contributed by atoms with Crippen LogP contribution in [0.5, 0.6) is 0 Å². The van der Waals surface area contributed by atoms with E-state index in [1.54, 1.807) is 53.1 Å². The summed E-state index contributed by atoms with van der Waals surface area (Å²) in [7, 11) is 0. The number of anilines is 1. The van der Waals surface area contributed by atoms with Gasteiger partial charge in [-0.3, -0.25) is 9.36 Å². The summed E-state index contributed by atoms with van der Waals surface area (Å²) in [5.41, 5.74) is 7.94. The number of nitrogens with one attached hydrogen (secondary N) is 1. The maximum atomic E-state index is 13.3. The average Bonchev–Trinajstić information content (AvgIpc) is 3.26. The lowest BCUT2D eigenvalue weighted by Gasteiger charge is -2.12. The van der Waals surface area contributed by atoms with E-state index in [9.17, 15) is 18.0 Å². The standard InChI is InChI=1S/C26H19F3N6O/c27-26(28,29)18-13-21-24(32-15-18)35(23(34-21)20-7-4-12-31-22(20)30)19-10-8-16(9-11-19)14-33-25(36)17-5-2-1-3-6-17/h1-13,15H,14H2,(H2,30,31)(H,33,36). The minimum absolute atomic E-state index is 0.0716. The molecule has 10 heteroatoms. The van der Waals surface area contributed by atoms with Gasteiger partial charge in [0.15, 0.2) is 11.5 Å². The van der Waals surface area contributed by atoms with Gasteiger partial charge >= 0.3 is 6.18 Å². The fourth-order valence-corrected chi connectivity index (χ4v) is 3.79. The number of hydrogen-bond donors (Lipinski definition) is 2. The Kier molecular flexibility index (Phi) is 5.85. The van der Waals surface area contributed by atoms with Crippen LogP contribution < -0.4 is 11.1 Å². The van der Waals surface area contributed by atoms with Gasteiger partial charge in [-0.15, -0.1) is 0 Å². The van der Waals surface area contributed by atoms with Crippen LogP contribution in [0.2, 0.25) is 0 Å². The normalized spacial score (nSPS) is 11.5. The molecule has 5 aromatic rings. The number of nitrogens with two attached hydrogens (primary N) is 1. The summed E-state index contributed by atoms with van der Waals surface area (Å²) in [6.45, 7) is 0.300. The predicted octanol–water partition coefficient (Wildman–Crippen LogP) is 5.01. The Bertz CT molecular complexity index is 1550. The molecule has 0 aliphatic carbocycles. The molecule has 0 fully saturated rings. The van der Waals surface area contributed by atoms with Gasteiger partial charge in [-0.25, -0.2) is 15.0 Å². The third kappa shape index (κ3) is 4.48. The number of amides is 1. The van der Waals surface area contributed by atoms with Gasteiger partial charge in [-0.1, -0.05) is 30.3 Å². The zero-order valence-electron chi connectivity index (χ0n) is 18.7. The van der Waals surface area contributed by atoms with Crippen LogP contribution >= 0.6 is 0 Å². The van der Waals surface area contributed by atoms with Crippen molar-refractivity contribution < 1.29 is 18.0 Å². The zero-order valence-corrected chi connectivity index (χ0v) is 18.7. The number of hydrogen-bond acceptors (Lipinski definition) is 5. The molecule has 2 aromatic carbocycles. The number of fused-ring (bicyclic) bond motifs is 1. The predicted molar refractivity (Wildman–Crippen MR) is 129 cm³/mol. The Hall–Kier alpha value is -4.73. The van der Waals surface area contributed by atoms with Crippen LogP contribution in [0, 0.1) is 0 Å². The summed E-state index contributed by atoms with van der Waals surface area (Å²) in [6, 6.07) is 20.4. The van der Waals surface area contributed by atoms with Gasteiger partial charge in [-0.05, 0) is 48.0 Å². The van der Waals surface area contributed by atoms with E-state index in [-0.39, 0.29) is 22.9 Å². The van der Waals surface area contributed by atoms with Gasteiger partial charge in [0.05, 0.1) is 11.1 Å². The van der Waals surface area contributed by atoms with Crippen LogP contribution in [0.15, 0.2) is 85.2 Å². The lowest BCUT2D eigenvalue weighted by molar-refractivity contribution is -0.137. The minimum atomic E-state index is -4.55. The topological polar surface area (TPSA) is 98.7 Å². The van der Waals surface area contributed by atoms with Gasteiger partial charge in [0.1, 0.15) is 11.3 Å². The molecule has 7 nitrogen and oxygen atoms in total. The third-order valence-corrected chi connectivity index (χ3v) is 5.59. The Morgan fingerprint density at radius 2 is 1.72 bits per heavy atom. The smallest absolute Gasteiger partial charge is 0.383 e. The molecule has 3 N–H and O–H groups in total. The quantitative estimate of drug-likeness (QED) is 0.362. The first-order valence-corrected chi connectivity index (χ1v) is 10.9. The second-order valence-corrected chi connectivity index (χ2v) is 7.99. The summed E-state index contributed by atoms with van der Waals surface area (Å²) in [4.78, 5) is 24.9. The number of carbonyl (C=O) groups excluding carboxylic acids is 1. The molecule has 0 saturated heterocycles. The van der Waals surface area contributed by atoms with Crippen LogP contribution in [-0.2, 0) is 12.7 Å². The van der Waals surface area contributed by atoms with Crippen LogP contribution in [0.3, 0.4) is 0 Å². The first kappa shape index (κ1) is 23.0. The molecule has 0 aliphatic heterocycles. The van der Waals surface area contributed by atoms with Crippen molar-refractivity contribution >= 4 is 22.9 Å². The fraction of sp³-hybridized carbons (Fsp3) is 0.0769. The van der Waals surface area contributed by atoms with Gasteiger partial charge in [-0.2, -0.15) is 13.2 Å². The van der Waals surface area contributed by atoms with E-state index in [2.05, 4.69) is 20.3 Å². The highest BCUT2D eigenvalue weighted by molar-refractivity contribution is 5.94. The number of nitrogens with zero attached hydrogens (tertiary/aromatic N) is 4. The molecule has 36 heavy (non-hydrogen) atoms. The highest BCUT2D eigenvalue weighted by atomic mass is 19.4. The Balaban J connectivity index is 1.51. The number of aromatic nitrogens is 4. The Labute approximate surface area is 203 Å². The maximum Gasteiger partial charge on any atom is 0.417 e. The molecule has 0 aliphatic rings. The van der Waals surface area contributed by atoms with E-state index in [4.69, 9.17) is 5.73 Å². The second-order valence-electron chi connectivity index (χ2n) is 7.99. The molecule has 1 amide bonds. The number of halogens is 3. The lowest BCUT2D eigenvalue weighted by atomic mass is 10.1. The van der Waals surface area contributed by atoms with E-state index >= 15 is 0 Å². The van der Waals surface area contributed by atoms with Crippen molar-refractivity contribution in [3.05, 3.63) is 102 Å². The first-order valence-electron chi connectivity index (χ1n) is 10.9. The number of carbonyl (C=O) groups is 1. The number of benzene rings is 2. The van der Waals surface area contributed by atoms with Crippen molar-refractivity contribution in [1.29, 1.82) is 0 Å². The number of pyridine rings is 2. The van der Waals surface area contributed by atoms with Crippen molar-refractivity contribution in [2.75, 3.05) is 5.73 Å². The van der Waals surface area contributed by atoms with Crippen molar-refractivity contribution in [2.24, 2.45) is 0 Å². The Morgan fingerprint density at radius 1 is 0.972 bits per heavy atom. The first-order chi connectivity index (χ1) is 17.3. The molecule has 0 unspecified atom stereocenters. The van der Waals surface area contributed by atoms with E-state index in [1.165, 1.54) is 6.20 Å². The molecule has 3 heterocycles. The number of rotatable bonds is 5. The molecule has 0 radical (unpaired) electrons. The highest BCUT2D eigenvalue weighted by Crippen LogP contribution is 2.34. The van der Waals surface area contributed by atoms with Gasteiger partial charge < -0.3 is 11.1 Å². The van der Waals surface area contributed by atoms with Crippen molar-refractivity contribution in [3.8, 4) is 17.1 Å². The lowest BCUT2D eigenvalue weighted by Crippen LogP contribution is -2.22. The molecule has 0 spiro atoms. The molecule has 0 atom stereocenters. The molecule has 0 bridgehead atoms. The largest absolute Gasteiger partial charge is 0.417 e. The van der Waals surface area contributed by atoms with E-state index in [0.29, 0.717) is 29.2 Å². The molecule has 3 aromatic heterocycles. The summed E-state index contributed by atoms with van der Waals surface area (Å²) in [6.07, 6.45) is -2.25. The van der Waals surface area contributed by atoms with Crippen molar-refractivity contribution in [2.45, 2.75) is 12.7 Å². The monoisotopic (exact) mass is 488 g/mol. The highest BCUT2D eigenvalue weighted by Gasteiger charge is 2.32. The van der Waals surface area contributed by atoms with Crippen LogP contribution in [-0.4, -0.2) is 25.4 Å². The van der Waals surface area contributed by atoms with E-state index in [0.717, 1.165) is 17.8 Å². The maximum absolute atomic E-state index is 13.3. The average molecular weight is 488 g/mol. The number of nitrogen functional groups attached to an aromatic ring is 1. The van der Waals surface area contributed by atoms with E-state index < -0.39 is 11.7 Å². The zero-order chi connectivity index (χ0) is 25.3. The number of imidazole rings is 1. The minimum Gasteiger partial charge on any atom is -0.383 e. The summed E-state index contributed by atoms with van der Waals surface area (Å²) >= 11 is 0. The van der Waals surface area contributed by atoms with Crippen LogP contribution in [0.1, 0.15) is 21.5 Å². The van der Waals surface area contributed by atoms with Gasteiger partial charge in [0.2, 0.25) is 0 Å². The second kappa shape index (κ2) is 9.14. The van der Waals surface area contributed by atoms with Crippen molar-refractivity contribution in [3.63, 3.8) is 0 Å². The molecule has 0 saturated carbocycles. The van der Waals surface area contributed by atoms with Crippen LogP contribution in [0.4, 0.5) is 19.0 Å². The summed E-state index contributed by atoms with van der Waals surface area (Å²) in [5, 5.41) is 2.86. The number of alkyl halides is 3. The fourth-order valence-electron chi connectivity index (χ4n) is 3.79. The summed E-state index contributed by atoms with van der Waals surface area (Å²) in [5.74, 6) is 0.303. The SMILES string of the molecule is Nc1ncccc1-c1nc2cc(C(F)(F)F)cnc2n1-c1ccc(CNC(=O)c2ccccc2)cc1. The van der Waals surface area contributed by atoms with E-state index in [1.807, 2.05) is 18.2 Å². The summed E-state index contributed by atoms with van der Waals surface area (Å²) < 4.78 is 41.5.